The number of anilines is 1. The molecule has 1 aliphatic rings. The van der Waals surface area contributed by atoms with Gasteiger partial charge in [0.1, 0.15) is 11.0 Å². The molecule has 2 heterocycles. The van der Waals surface area contributed by atoms with E-state index in [2.05, 4.69) is 50.5 Å². The lowest BCUT2D eigenvalue weighted by atomic mass is 10.2. The minimum absolute atomic E-state index is 0.409. The lowest BCUT2D eigenvalue weighted by Crippen LogP contribution is -2.26. The standard InChI is InChI=1S/C15H17ClN4/c16-14-8-17-9-15(19-14)18-13-6-7-20(11-13)10-12-4-2-1-3-5-12/h1-5,8-9,13H,6-7,10-11H2,(H,18,19). The van der Waals surface area contributed by atoms with Crippen LogP contribution in [0.15, 0.2) is 42.7 Å². The van der Waals surface area contributed by atoms with E-state index in [0.717, 1.165) is 31.9 Å². The molecule has 0 radical (unpaired) electrons. The van der Waals surface area contributed by atoms with Crippen LogP contribution in [0.1, 0.15) is 12.0 Å². The van der Waals surface area contributed by atoms with Crippen molar-refractivity contribution in [3.05, 3.63) is 53.4 Å². The van der Waals surface area contributed by atoms with Gasteiger partial charge in [0.15, 0.2) is 0 Å². The SMILES string of the molecule is Clc1cncc(NC2CCN(Cc3ccccc3)C2)n1. The molecule has 2 aromatic rings. The van der Waals surface area contributed by atoms with Crippen LogP contribution in [0.3, 0.4) is 0 Å². The van der Waals surface area contributed by atoms with Gasteiger partial charge >= 0.3 is 0 Å². The van der Waals surface area contributed by atoms with Crippen LogP contribution in [-0.2, 0) is 6.54 Å². The van der Waals surface area contributed by atoms with Gasteiger partial charge in [-0.25, -0.2) is 4.98 Å². The zero-order valence-electron chi connectivity index (χ0n) is 11.2. The van der Waals surface area contributed by atoms with Gasteiger partial charge in [-0.05, 0) is 12.0 Å². The van der Waals surface area contributed by atoms with E-state index in [4.69, 9.17) is 11.6 Å². The zero-order valence-corrected chi connectivity index (χ0v) is 11.9. The van der Waals surface area contributed by atoms with Gasteiger partial charge in [-0.15, -0.1) is 0 Å². The molecule has 4 nitrogen and oxygen atoms in total. The van der Waals surface area contributed by atoms with E-state index in [0.29, 0.717) is 11.2 Å². The van der Waals surface area contributed by atoms with Crippen LogP contribution in [0.2, 0.25) is 5.15 Å². The number of rotatable bonds is 4. The monoisotopic (exact) mass is 288 g/mol. The van der Waals surface area contributed by atoms with Crippen molar-refractivity contribution in [1.82, 2.24) is 14.9 Å². The Hall–Kier alpha value is -1.65. The second kappa shape index (κ2) is 6.20. The Morgan fingerprint density at radius 3 is 2.90 bits per heavy atom. The summed E-state index contributed by atoms with van der Waals surface area (Å²) in [6.45, 7) is 3.11. The van der Waals surface area contributed by atoms with Crippen LogP contribution >= 0.6 is 11.6 Å². The number of hydrogen-bond acceptors (Lipinski definition) is 4. The highest BCUT2D eigenvalue weighted by atomic mass is 35.5. The number of hydrogen-bond donors (Lipinski definition) is 1. The fraction of sp³-hybridized carbons (Fsp3) is 0.333. The van der Waals surface area contributed by atoms with Gasteiger partial charge in [-0.2, -0.15) is 0 Å². The first-order valence-electron chi connectivity index (χ1n) is 6.80. The molecule has 1 aliphatic heterocycles. The average molecular weight is 289 g/mol. The lowest BCUT2D eigenvalue weighted by molar-refractivity contribution is 0.328. The maximum atomic E-state index is 5.84. The lowest BCUT2D eigenvalue weighted by Gasteiger charge is -2.17. The van der Waals surface area contributed by atoms with E-state index >= 15 is 0 Å². The molecule has 0 spiro atoms. The largest absolute Gasteiger partial charge is 0.365 e. The molecule has 0 aliphatic carbocycles. The van der Waals surface area contributed by atoms with Crippen LogP contribution in [0, 0.1) is 0 Å². The minimum Gasteiger partial charge on any atom is -0.365 e. The van der Waals surface area contributed by atoms with Gasteiger partial charge in [0.05, 0.1) is 12.4 Å². The molecule has 0 amide bonds. The van der Waals surface area contributed by atoms with E-state index in [1.807, 2.05) is 0 Å². The minimum atomic E-state index is 0.409. The van der Waals surface area contributed by atoms with Crippen LogP contribution in [0.5, 0.6) is 0 Å². The fourth-order valence-corrected chi connectivity index (χ4v) is 2.70. The summed E-state index contributed by atoms with van der Waals surface area (Å²) in [6, 6.07) is 11.0. The molecule has 0 saturated carbocycles. The van der Waals surface area contributed by atoms with Gasteiger partial charge in [-0.1, -0.05) is 41.9 Å². The van der Waals surface area contributed by atoms with E-state index in [9.17, 15) is 0 Å². The molecule has 104 valence electrons. The summed E-state index contributed by atoms with van der Waals surface area (Å²) in [4.78, 5) is 10.7. The van der Waals surface area contributed by atoms with Crippen LogP contribution in [0.4, 0.5) is 5.82 Å². The first kappa shape index (κ1) is 13.3. The van der Waals surface area contributed by atoms with Gasteiger partial charge in [0, 0.05) is 25.7 Å². The number of benzene rings is 1. The zero-order chi connectivity index (χ0) is 13.8. The highest BCUT2D eigenvalue weighted by molar-refractivity contribution is 6.29. The maximum Gasteiger partial charge on any atom is 0.149 e. The third kappa shape index (κ3) is 3.46. The second-order valence-electron chi connectivity index (χ2n) is 5.08. The van der Waals surface area contributed by atoms with Crippen molar-refractivity contribution in [2.24, 2.45) is 0 Å². The molecule has 1 aromatic heterocycles. The molecule has 1 aromatic carbocycles. The molecular weight excluding hydrogens is 272 g/mol. The average Bonchev–Trinajstić information content (AvgIpc) is 2.87. The van der Waals surface area contributed by atoms with Gasteiger partial charge in [0.25, 0.3) is 0 Å². The van der Waals surface area contributed by atoms with Crippen LogP contribution in [-0.4, -0.2) is 34.0 Å². The first-order valence-corrected chi connectivity index (χ1v) is 7.18. The van der Waals surface area contributed by atoms with Crippen molar-refractivity contribution < 1.29 is 0 Å². The maximum absolute atomic E-state index is 5.84. The van der Waals surface area contributed by atoms with Crippen molar-refractivity contribution in [1.29, 1.82) is 0 Å². The molecule has 1 atom stereocenters. The Morgan fingerprint density at radius 1 is 1.25 bits per heavy atom. The fourth-order valence-electron chi connectivity index (χ4n) is 2.56. The second-order valence-corrected chi connectivity index (χ2v) is 5.46. The quantitative estimate of drug-likeness (QED) is 0.939. The Labute approximate surface area is 123 Å². The summed E-state index contributed by atoms with van der Waals surface area (Å²) in [5, 5.41) is 3.82. The summed E-state index contributed by atoms with van der Waals surface area (Å²) < 4.78 is 0. The summed E-state index contributed by atoms with van der Waals surface area (Å²) in [7, 11) is 0. The van der Waals surface area contributed by atoms with Gasteiger partial charge in [-0.3, -0.25) is 9.88 Å². The van der Waals surface area contributed by atoms with Crippen molar-refractivity contribution in [2.75, 3.05) is 18.4 Å². The molecule has 3 rings (SSSR count). The Kier molecular flexibility index (Phi) is 4.14. The van der Waals surface area contributed by atoms with Gasteiger partial charge in [0.2, 0.25) is 0 Å². The van der Waals surface area contributed by atoms with E-state index in [1.165, 1.54) is 5.56 Å². The predicted molar refractivity (Wildman–Crippen MR) is 80.8 cm³/mol. The van der Waals surface area contributed by atoms with E-state index in [1.54, 1.807) is 12.4 Å². The van der Waals surface area contributed by atoms with Gasteiger partial charge < -0.3 is 5.32 Å². The molecule has 1 N–H and O–H groups in total. The summed E-state index contributed by atoms with van der Waals surface area (Å²) in [6.07, 6.45) is 4.37. The summed E-state index contributed by atoms with van der Waals surface area (Å²) in [5.41, 5.74) is 1.36. The van der Waals surface area contributed by atoms with E-state index in [-0.39, 0.29) is 0 Å². The highest BCUT2D eigenvalue weighted by Gasteiger charge is 2.22. The topological polar surface area (TPSA) is 41.1 Å². The molecule has 1 fully saturated rings. The van der Waals surface area contributed by atoms with Crippen LogP contribution < -0.4 is 5.32 Å². The smallest absolute Gasteiger partial charge is 0.149 e. The number of nitrogens with zero attached hydrogens (tertiary/aromatic N) is 3. The van der Waals surface area contributed by atoms with Crippen molar-refractivity contribution in [3.63, 3.8) is 0 Å². The number of nitrogens with one attached hydrogen (secondary N) is 1. The number of aromatic nitrogens is 2. The first-order chi connectivity index (χ1) is 9.79. The molecule has 0 bridgehead atoms. The molecular formula is C15H17ClN4. The number of likely N-dealkylation sites (tertiary alicyclic amines) is 1. The molecule has 1 unspecified atom stereocenters. The molecule has 5 heteroatoms. The third-order valence-electron chi connectivity index (χ3n) is 3.48. The molecule has 1 saturated heterocycles. The third-order valence-corrected chi connectivity index (χ3v) is 3.66. The highest BCUT2D eigenvalue weighted by Crippen LogP contribution is 2.17. The van der Waals surface area contributed by atoms with E-state index < -0.39 is 0 Å². The van der Waals surface area contributed by atoms with Crippen LogP contribution in [0.25, 0.3) is 0 Å². The number of halogens is 1. The van der Waals surface area contributed by atoms with Crippen molar-refractivity contribution >= 4 is 17.4 Å². The Balaban J connectivity index is 1.54. The molecule has 20 heavy (non-hydrogen) atoms. The Bertz CT molecular complexity index is 561. The van der Waals surface area contributed by atoms with Crippen molar-refractivity contribution in [2.45, 2.75) is 19.0 Å². The summed E-state index contributed by atoms with van der Waals surface area (Å²) in [5.74, 6) is 0.754. The Morgan fingerprint density at radius 2 is 2.10 bits per heavy atom. The summed E-state index contributed by atoms with van der Waals surface area (Å²) >= 11 is 5.84. The van der Waals surface area contributed by atoms with Crippen molar-refractivity contribution in [3.8, 4) is 0 Å². The normalized spacial score (nSPS) is 19.1. The predicted octanol–water partition coefficient (Wildman–Crippen LogP) is 2.82.